The molecule has 3 fully saturated rings. The fourth-order valence-electron chi connectivity index (χ4n) is 7.72. The average Bonchev–Trinajstić information content (AvgIpc) is 3.28. The van der Waals surface area contributed by atoms with E-state index < -0.39 is 0 Å². The van der Waals surface area contributed by atoms with Gasteiger partial charge in [0.15, 0.2) is 0 Å². The molecule has 2 aromatic rings. The highest BCUT2D eigenvalue weighted by molar-refractivity contribution is 9.11. The molecule has 49 heavy (non-hydrogen) atoms. The number of amides is 4. The van der Waals surface area contributed by atoms with Crippen molar-refractivity contribution in [3.05, 3.63) is 56.5 Å². The number of nitrogens with zero attached hydrogens (tertiary/aromatic N) is 4. The number of carbonyl (C=O) groups is 3. The van der Waals surface area contributed by atoms with Gasteiger partial charge >= 0.3 is 12.1 Å². The molecule has 0 unspecified atom stereocenters. The fourth-order valence-corrected chi connectivity index (χ4v) is 9.01. The third-order valence-electron chi connectivity index (χ3n) is 10.5. The van der Waals surface area contributed by atoms with Crippen LogP contribution in [0.15, 0.2) is 45.3 Å². The summed E-state index contributed by atoms with van der Waals surface area (Å²) in [6.45, 7) is 10.5. The quantitative estimate of drug-likeness (QED) is 0.334. The van der Waals surface area contributed by atoms with Crippen LogP contribution in [0.2, 0.25) is 0 Å². The van der Waals surface area contributed by atoms with Gasteiger partial charge in [-0.3, -0.25) is 9.69 Å². The van der Waals surface area contributed by atoms with E-state index in [1.54, 1.807) is 4.90 Å². The first-order chi connectivity index (χ1) is 23.5. The van der Waals surface area contributed by atoms with Crippen LogP contribution >= 0.6 is 31.9 Å². The number of phenolic OH excluding ortho intramolecular Hbond substituents is 1. The lowest BCUT2D eigenvalue weighted by Gasteiger charge is -2.42. The Morgan fingerprint density at radius 1 is 0.939 bits per heavy atom. The first kappa shape index (κ1) is 37.4. The third kappa shape index (κ3) is 9.70. The Labute approximate surface area is 307 Å². The number of para-hydroxylation sites is 1. The summed E-state index contributed by atoms with van der Waals surface area (Å²) in [4.78, 5) is 45.2. The van der Waals surface area contributed by atoms with Gasteiger partial charge in [0.1, 0.15) is 5.75 Å². The van der Waals surface area contributed by atoms with Crippen LogP contribution < -0.4 is 5.32 Å². The van der Waals surface area contributed by atoms with Crippen LogP contribution in [-0.2, 0) is 22.4 Å². The predicted octanol–water partition coefficient (Wildman–Crippen LogP) is 7.13. The SMILES string of the molecule is COC(=O)N1CCC(N2CCc3ccccc3NC2=O)CC1.C[C@H]1CCCN(C2CCN(C(=O)[C@H](C)Cc3cc(Br)c(O)c(Br)c3)CC2)C1. The molecule has 4 aliphatic rings. The van der Waals surface area contributed by atoms with Gasteiger partial charge in [-0.1, -0.05) is 32.0 Å². The first-order valence-electron chi connectivity index (χ1n) is 17.7. The number of benzene rings is 2. The van der Waals surface area contributed by atoms with Gasteiger partial charge in [-0.05, 0) is 125 Å². The van der Waals surface area contributed by atoms with E-state index in [1.165, 1.54) is 38.6 Å². The zero-order valence-corrected chi connectivity index (χ0v) is 32.2. The van der Waals surface area contributed by atoms with Crippen molar-refractivity contribution in [2.24, 2.45) is 11.8 Å². The molecule has 3 saturated heterocycles. The number of methoxy groups -OCH3 is 1. The summed E-state index contributed by atoms with van der Waals surface area (Å²) >= 11 is 6.74. The van der Waals surface area contributed by atoms with E-state index in [4.69, 9.17) is 4.74 Å². The normalized spacial score (nSPS) is 21.5. The Morgan fingerprint density at radius 2 is 1.57 bits per heavy atom. The summed E-state index contributed by atoms with van der Waals surface area (Å²) in [5.74, 6) is 1.20. The zero-order valence-electron chi connectivity index (χ0n) is 29.0. The van der Waals surface area contributed by atoms with Gasteiger partial charge in [0.2, 0.25) is 5.91 Å². The monoisotopic (exact) mass is 803 g/mol. The van der Waals surface area contributed by atoms with Crippen molar-refractivity contribution < 1.29 is 24.2 Å². The Hall–Kier alpha value is -2.83. The van der Waals surface area contributed by atoms with Crippen molar-refractivity contribution >= 4 is 55.6 Å². The highest BCUT2D eigenvalue weighted by atomic mass is 79.9. The molecule has 0 bridgehead atoms. The van der Waals surface area contributed by atoms with E-state index in [0.29, 0.717) is 41.0 Å². The lowest BCUT2D eigenvalue weighted by Crippen LogP contribution is -2.50. The number of aromatic hydroxyl groups is 1. The number of likely N-dealkylation sites (tertiary alicyclic amines) is 3. The molecule has 2 aromatic carbocycles. The fraction of sp³-hybridized carbons (Fsp3) is 0.595. The highest BCUT2D eigenvalue weighted by Gasteiger charge is 2.32. The number of ether oxygens (including phenoxy) is 1. The van der Waals surface area contributed by atoms with E-state index in [9.17, 15) is 19.5 Å². The molecule has 0 radical (unpaired) electrons. The number of rotatable bonds is 5. The maximum absolute atomic E-state index is 12.9. The number of carbonyl (C=O) groups excluding carboxylic acids is 3. The van der Waals surface area contributed by atoms with Crippen molar-refractivity contribution in [2.45, 2.75) is 77.3 Å². The molecule has 10 nitrogen and oxygen atoms in total. The van der Waals surface area contributed by atoms with Crippen LogP contribution in [-0.4, -0.2) is 108 Å². The molecule has 12 heteroatoms. The smallest absolute Gasteiger partial charge is 0.409 e. The topological polar surface area (TPSA) is 106 Å². The van der Waals surface area contributed by atoms with Gasteiger partial charge in [0.25, 0.3) is 0 Å². The van der Waals surface area contributed by atoms with E-state index in [-0.39, 0.29) is 35.7 Å². The van der Waals surface area contributed by atoms with Crippen molar-refractivity contribution in [2.75, 3.05) is 58.2 Å². The van der Waals surface area contributed by atoms with Crippen molar-refractivity contribution in [3.8, 4) is 5.75 Å². The molecule has 4 heterocycles. The van der Waals surface area contributed by atoms with E-state index >= 15 is 0 Å². The Morgan fingerprint density at radius 3 is 2.22 bits per heavy atom. The van der Waals surface area contributed by atoms with Gasteiger partial charge in [-0.15, -0.1) is 0 Å². The van der Waals surface area contributed by atoms with Crippen LogP contribution in [0.1, 0.15) is 63.5 Å². The van der Waals surface area contributed by atoms with Crippen LogP contribution in [0.5, 0.6) is 5.75 Å². The lowest BCUT2D eigenvalue weighted by molar-refractivity contribution is -0.136. The summed E-state index contributed by atoms with van der Waals surface area (Å²) < 4.78 is 6.06. The van der Waals surface area contributed by atoms with E-state index in [0.717, 1.165) is 62.4 Å². The van der Waals surface area contributed by atoms with Crippen LogP contribution in [0.25, 0.3) is 0 Å². The molecule has 2 N–H and O–H groups in total. The molecule has 0 spiro atoms. The average molecular weight is 806 g/mol. The largest absolute Gasteiger partial charge is 0.506 e. The molecule has 6 rings (SSSR count). The lowest BCUT2D eigenvalue weighted by atomic mass is 9.94. The number of piperidine rings is 3. The summed E-state index contributed by atoms with van der Waals surface area (Å²) in [6.07, 6.45) is 7.70. The summed E-state index contributed by atoms with van der Waals surface area (Å²) in [6, 6.07) is 12.5. The van der Waals surface area contributed by atoms with Crippen LogP contribution in [0, 0.1) is 11.8 Å². The highest BCUT2D eigenvalue weighted by Crippen LogP contribution is 2.34. The molecule has 268 valence electrons. The van der Waals surface area contributed by atoms with Crippen LogP contribution in [0.3, 0.4) is 0 Å². The molecular formula is C37H51Br2N5O5. The standard InChI is InChI=1S/C21H30Br2N2O2.C16H21N3O3/c1-14-4-3-7-25(13-14)17-5-8-24(9-6-17)21(27)15(2)10-16-11-18(22)20(26)19(23)12-16;1-22-16(21)18-9-7-13(8-10-18)19-11-6-12-4-2-3-5-14(12)17-15(19)20/h11-12,14-15,17,26H,3-10,13H2,1-2H3;2-5,13H,6-11H2,1H3,(H,17,20)/t14-,15+;/m0./s1. The Kier molecular flexibility index (Phi) is 13.3. The van der Waals surface area contributed by atoms with Gasteiger partial charge < -0.3 is 29.9 Å². The summed E-state index contributed by atoms with van der Waals surface area (Å²) in [5.41, 5.74) is 3.12. The minimum absolute atomic E-state index is 0.0403. The molecule has 4 amide bonds. The number of hydrogen-bond donors (Lipinski definition) is 2. The predicted molar refractivity (Wildman–Crippen MR) is 199 cm³/mol. The van der Waals surface area contributed by atoms with Gasteiger partial charge in [0.05, 0.1) is 16.1 Å². The number of phenols is 1. The van der Waals surface area contributed by atoms with Gasteiger partial charge in [-0.2, -0.15) is 0 Å². The summed E-state index contributed by atoms with van der Waals surface area (Å²) in [7, 11) is 1.40. The van der Waals surface area contributed by atoms with Gasteiger partial charge in [0, 0.05) is 63.0 Å². The molecular weight excluding hydrogens is 754 g/mol. The number of fused-ring (bicyclic) bond motifs is 1. The first-order valence-corrected chi connectivity index (χ1v) is 19.3. The Bertz CT molecular complexity index is 1440. The molecule has 0 aliphatic carbocycles. The third-order valence-corrected chi connectivity index (χ3v) is 11.7. The maximum atomic E-state index is 12.9. The molecule has 0 aromatic heterocycles. The number of urea groups is 1. The van der Waals surface area contributed by atoms with Crippen molar-refractivity contribution in [1.82, 2.24) is 19.6 Å². The van der Waals surface area contributed by atoms with Crippen molar-refractivity contribution in [1.29, 1.82) is 0 Å². The Balaban J connectivity index is 0.000000195. The minimum Gasteiger partial charge on any atom is -0.506 e. The van der Waals surface area contributed by atoms with Crippen molar-refractivity contribution in [3.63, 3.8) is 0 Å². The second-order valence-electron chi connectivity index (χ2n) is 14.0. The number of halogens is 2. The number of anilines is 1. The minimum atomic E-state index is -0.286. The van der Waals surface area contributed by atoms with E-state index in [2.05, 4.69) is 60.0 Å². The number of nitrogens with one attached hydrogen (secondary N) is 1. The second-order valence-corrected chi connectivity index (χ2v) is 15.7. The molecule has 0 saturated carbocycles. The molecule has 4 aliphatic heterocycles. The number of hydrogen-bond acceptors (Lipinski definition) is 6. The molecule has 2 atom stereocenters. The van der Waals surface area contributed by atoms with E-state index in [1.807, 2.05) is 42.2 Å². The second kappa shape index (κ2) is 17.4. The van der Waals surface area contributed by atoms with Gasteiger partial charge in [-0.25, -0.2) is 9.59 Å². The maximum Gasteiger partial charge on any atom is 0.409 e. The zero-order chi connectivity index (χ0) is 35.1. The summed E-state index contributed by atoms with van der Waals surface area (Å²) in [5, 5.41) is 12.9. The van der Waals surface area contributed by atoms with Crippen LogP contribution in [0.4, 0.5) is 15.3 Å².